The van der Waals surface area contributed by atoms with E-state index in [4.69, 9.17) is 24.7 Å². The lowest BCUT2D eigenvalue weighted by molar-refractivity contribution is 0.0730. The van der Waals surface area contributed by atoms with Gasteiger partial charge >= 0.3 is 5.97 Å². The van der Waals surface area contributed by atoms with Gasteiger partial charge in [-0.25, -0.2) is 4.79 Å². The van der Waals surface area contributed by atoms with E-state index in [2.05, 4.69) is 18.2 Å². The third kappa shape index (κ3) is 6.18. The fourth-order valence-electron chi connectivity index (χ4n) is 4.58. The maximum absolute atomic E-state index is 13.0. The molecule has 0 amide bonds. The molecule has 2 N–H and O–H groups in total. The number of ether oxygens (including phenoxy) is 4. The SMILES string of the molecule is CCCOc1ccccc1C(=O)Oc1ccc2c(c1)OC(N)=C(C#N)C2c1ccc(OCc2ccc(C)cc2)cc1. The second-order valence-corrected chi connectivity index (χ2v) is 9.70. The quantitative estimate of drug-likeness (QED) is 0.182. The summed E-state index contributed by atoms with van der Waals surface area (Å²) in [6.07, 6.45) is 0.815. The van der Waals surface area contributed by atoms with Crippen LogP contribution in [0.2, 0.25) is 0 Å². The first-order valence-corrected chi connectivity index (χ1v) is 13.4. The molecule has 1 aliphatic heterocycles. The van der Waals surface area contributed by atoms with Crippen molar-refractivity contribution in [3.05, 3.63) is 130 Å². The minimum Gasteiger partial charge on any atom is -0.493 e. The monoisotopic (exact) mass is 546 g/mol. The van der Waals surface area contributed by atoms with E-state index in [-0.39, 0.29) is 11.6 Å². The first kappa shape index (κ1) is 27.4. The van der Waals surface area contributed by atoms with Gasteiger partial charge in [-0.1, -0.05) is 67.1 Å². The number of carbonyl (C=O) groups excluding carboxylic acids is 1. The molecule has 206 valence electrons. The lowest BCUT2D eigenvalue weighted by Gasteiger charge is -2.27. The lowest BCUT2D eigenvalue weighted by Crippen LogP contribution is -2.21. The Hall–Kier alpha value is -5.22. The molecule has 1 aliphatic rings. The Balaban J connectivity index is 1.36. The van der Waals surface area contributed by atoms with Gasteiger partial charge in [0, 0.05) is 11.6 Å². The maximum atomic E-state index is 13.0. The van der Waals surface area contributed by atoms with Crippen LogP contribution in [0.3, 0.4) is 0 Å². The van der Waals surface area contributed by atoms with Gasteiger partial charge < -0.3 is 24.7 Å². The highest BCUT2D eigenvalue weighted by Gasteiger charge is 2.31. The topological polar surface area (TPSA) is 104 Å². The summed E-state index contributed by atoms with van der Waals surface area (Å²) in [7, 11) is 0. The molecule has 7 nitrogen and oxygen atoms in total. The molecule has 0 aromatic heterocycles. The summed E-state index contributed by atoms with van der Waals surface area (Å²) in [5.74, 6) is 0.868. The molecule has 1 unspecified atom stereocenters. The normalized spacial score (nSPS) is 13.9. The molecular weight excluding hydrogens is 516 g/mol. The van der Waals surface area contributed by atoms with Gasteiger partial charge in [-0.15, -0.1) is 0 Å². The molecule has 0 fully saturated rings. The molecule has 4 aromatic rings. The van der Waals surface area contributed by atoms with Crippen molar-refractivity contribution < 1.29 is 23.7 Å². The highest BCUT2D eigenvalue weighted by Crippen LogP contribution is 2.43. The molecule has 7 heteroatoms. The largest absolute Gasteiger partial charge is 0.493 e. The van der Waals surface area contributed by atoms with Crippen LogP contribution in [-0.4, -0.2) is 12.6 Å². The second-order valence-electron chi connectivity index (χ2n) is 9.70. The maximum Gasteiger partial charge on any atom is 0.347 e. The van der Waals surface area contributed by atoms with Crippen LogP contribution >= 0.6 is 0 Å². The number of nitrogens with zero attached hydrogens (tertiary/aromatic N) is 1. The number of carbonyl (C=O) groups is 1. The van der Waals surface area contributed by atoms with E-state index in [0.717, 1.165) is 23.1 Å². The summed E-state index contributed by atoms with van der Waals surface area (Å²) in [6, 6.07) is 30.0. The predicted molar refractivity (Wildman–Crippen MR) is 155 cm³/mol. The minimum atomic E-state index is -0.550. The van der Waals surface area contributed by atoms with Crippen LogP contribution in [0.25, 0.3) is 0 Å². The number of nitriles is 1. The van der Waals surface area contributed by atoms with Crippen LogP contribution in [0.5, 0.6) is 23.0 Å². The fourth-order valence-corrected chi connectivity index (χ4v) is 4.58. The van der Waals surface area contributed by atoms with Gasteiger partial charge in [-0.3, -0.25) is 0 Å². The highest BCUT2D eigenvalue weighted by molar-refractivity contribution is 5.94. The summed E-state index contributed by atoms with van der Waals surface area (Å²) in [4.78, 5) is 13.0. The van der Waals surface area contributed by atoms with Crippen LogP contribution < -0.4 is 24.7 Å². The summed E-state index contributed by atoms with van der Waals surface area (Å²) in [5, 5.41) is 9.92. The van der Waals surface area contributed by atoms with Crippen LogP contribution in [-0.2, 0) is 6.61 Å². The standard InChI is InChI=1S/C34H30N2O5/c1-3-18-38-30-7-5-4-6-28(30)34(37)40-26-16-17-27-31(19-26)41-33(36)29(20-35)32(27)24-12-14-25(15-13-24)39-21-23-10-8-22(2)9-11-23/h4-17,19,32H,3,18,21,36H2,1-2H3. The molecule has 4 aromatic carbocycles. The van der Waals surface area contributed by atoms with Gasteiger partial charge in [0.25, 0.3) is 0 Å². The van der Waals surface area contributed by atoms with Gasteiger partial charge in [0.2, 0.25) is 5.88 Å². The summed E-state index contributed by atoms with van der Waals surface area (Å²) >= 11 is 0. The highest BCUT2D eigenvalue weighted by atomic mass is 16.5. The summed E-state index contributed by atoms with van der Waals surface area (Å²) < 4.78 is 23.1. The third-order valence-corrected chi connectivity index (χ3v) is 6.71. The number of hydrogen-bond acceptors (Lipinski definition) is 7. The zero-order valence-corrected chi connectivity index (χ0v) is 22.9. The fraction of sp³-hybridized carbons (Fsp3) is 0.176. The average molecular weight is 547 g/mol. The van der Waals surface area contributed by atoms with Crippen LogP contribution in [0, 0.1) is 18.3 Å². The van der Waals surface area contributed by atoms with Crippen molar-refractivity contribution in [3.63, 3.8) is 0 Å². The molecule has 1 atom stereocenters. The zero-order chi connectivity index (χ0) is 28.8. The van der Waals surface area contributed by atoms with Gasteiger partial charge in [0.15, 0.2) is 0 Å². The first-order valence-electron chi connectivity index (χ1n) is 13.4. The molecule has 41 heavy (non-hydrogen) atoms. The Morgan fingerprint density at radius 2 is 1.68 bits per heavy atom. The Kier molecular flexibility index (Phi) is 8.21. The third-order valence-electron chi connectivity index (χ3n) is 6.71. The summed E-state index contributed by atoms with van der Waals surface area (Å²) in [5.41, 5.74) is 10.7. The minimum absolute atomic E-state index is 0.00600. The van der Waals surface area contributed by atoms with Crippen LogP contribution in [0.1, 0.15) is 51.9 Å². The number of hydrogen-bond donors (Lipinski definition) is 1. The predicted octanol–water partition coefficient (Wildman–Crippen LogP) is 6.80. The molecule has 0 spiro atoms. The van der Waals surface area contributed by atoms with Crippen molar-refractivity contribution in [3.8, 4) is 29.1 Å². The average Bonchev–Trinajstić information content (AvgIpc) is 2.99. The van der Waals surface area contributed by atoms with Gasteiger partial charge in [-0.2, -0.15) is 5.26 Å². The number of aryl methyl sites for hydroxylation is 1. The molecule has 5 rings (SSSR count). The molecule has 0 radical (unpaired) electrons. The van der Waals surface area contributed by atoms with E-state index >= 15 is 0 Å². The number of allylic oxidation sites excluding steroid dienone is 1. The van der Waals surface area contributed by atoms with Crippen molar-refractivity contribution in [2.45, 2.75) is 32.8 Å². The van der Waals surface area contributed by atoms with Crippen molar-refractivity contribution in [2.75, 3.05) is 6.61 Å². The van der Waals surface area contributed by atoms with Gasteiger partial charge in [0.05, 0.1) is 12.5 Å². The van der Waals surface area contributed by atoms with E-state index in [1.165, 1.54) is 5.56 Å². The number of para-hydroxylation sites is 1. The Morgan fingerprint density at radius 3 is 2.41 bits per heavy atom. The molecule has 0 bridgehead atoms. The van der Waals surface area contributed by atoms with Crippen molar-refractivity contribution >= 4 is 5.97 Å². The smallest absolute Gasteiger partial charge is 0.347 e. The van der Waals surface area contributed by atoms with E-state index in [9.17, 15) is 10.1 Å². The Morgan fingerprint density at radius 1 is 0.951 bits per heavy atom. The number of fused-ring (bicyclic) bond motifs is 1. The van der Waals surface area contributed by atoms with E-state index in [0.29, 0.717) is 41.6 Å². The zero-order valence-electron chi connectivity index (χ0n) is 22.9. The van der Waals surface area contributed by atoms with Crippen molar-refractivity contribution in [1.82, 2.24) is 0 Å². The van der Waals surface area contributed by atoms with Gasteiger partial charge in [-0.05, 0) is 54.8 Å². The number of esters is 1. The Bertz CT molecular complexity index is 1620. The van der Waals surface area contributed by atoms with E-state index in [1.54, 1.807) is 42.5 Å². The van der Waals surface area contributed by atoms with E-state index < -0.39 is 11.9 Å². The Labute approximate surface area is 239 Å². The molecular formula is C34H30N2O5. The molecule has 0 saturated carbocycles. The molecule has 0 saturated heterocycles. The van der Waals surface area contributed by atoms with Crippen molar-refractivity contribution in [2.24, 2.45) is 5.73 Å². The number of rotatable bonds is 9. The second kappa shape index (κ2) is 12.3. The van der Waals surface area contributed by atoms with Crippen LogP contribution in [0.4, 0.5) is 0 Å². The van der Waals surface area contributed by atoms with Gasteiger partial charge in [0.1, 0.15) is 46.8 Å². The summed E-state index contributed by atoms with van der Waals surface area (Å²) in [6.45, 7) is 4.98. The van der Waals surface area contributed by atoms with Crippen LogP contribution in [0.15, 0.2) is 102 Å². The van der Waals surface area contributed by atoms with Crippen molar-refractivity contribution in [1.29, 1.82) is 5.26 Å². The lowest BCUT2D eigenvalue weighted by atomic mass is 9.83. The van der Waals surface area contributed by atoms with E-state index in [1.807, 2.05) is 50.2 Å². The first-order chi connectivity index (χ1) is 20.0. The number of benzene rings is 4. The molecule has 0 aliphatic carbocycles. The number of nitrogens with two attached hydrogens (primary N) is 1. The molecule has 1 heterocycles.